The number of methoxy groups -OCH3 is 1. The number of aliphatic hydroxyl groups is 4. The van der Waals surface area contributed by atoms with Gasteiger partial charge in [-0.15, -0.1) is 0 Å². The maximum atomic E-state index is 14.5. The normalized spacial score (nSPS) is 43.7. The number of carbonyl (C=O) groups excluding carboxylic acids is 1. The summed E-state index contributed by atoms with van der Waals surface area (Å²) in [5.74, 6) is -5.04. The van der Waals surface area contributed by atoms with Crippen LogP contribution in [0.2, 0.25) is 0 Å². The van der Waals surface area contributed by atoms with Crippen LogP contribution in [0, 0.1) is 29.4 Å². The first-order valence-electron chi connectivity index (χ1n) is 22.8. The maximum absolute atomic E-state index is 14.5. The highest BCUT2D eigenvalue weighted by atomic mass is 19.2. The topological polar surface area (TPSA) is 199 Å². The van der Waals surface area contributed by atoms with Crippen LogP contribution in [0.25, 0.3) is 0 Å². The van der Waals surface area contributed by atoms with Gasteiger partial charge in [-0.3, -0.25) is 4.79 Å². The third kappa shape index (κ3) is 12.3. The van der Waals surface area contributed by atoms with Gasteiger partial charge >= 0.3 is 5.97 Å². The summed E-state index contributed by atoms with van der Waals surface area (Å²) in [6.45, 7) is 20.5. The van der Waals surface area contributed by atoms with E-state index < -0.39 is 113 Å². The first-order valence-corrected chi connectivity index (χ1v) is 22.8. The van der Waals surface area contributed by atoms with E-state index in [1.165, 1.54) is 20.1 Å². The molecule has 18 atom stereocenters. The molecule has 3 aliphatic heterocycles. The number of likely N-dealkylation sites (N-methyl/N-ethyl adjacent to an activating group) is 1. The fourth-order valence-electron chi connectivity index (χ4n) is 9.83. The van der Waals surface area contributed by atoms with Gasteiger partial charge in [-0.1, -0.05) is 27.7 Å². The van der Waals surface area contributed by atoms with Gasteiger partial charge in [-0.25, -0.2) is 8.78 Å². The summed E-state index contributed by atoms with van der Waals surface area (Å²) in [4.78, 5) is 14.5. The maximum Gasteiger partial charge on any atom is 0.311 e. The number of hydrogen-bond acceptors (Lipinski definition) is 15. The molecule has 3 fully saturated rings. The van der Waals surface area contributed by atoms with Gasteiger partial charge in [0.1, 0.15) is 34.8 Å². The number of carbonyl (C=O) groups is 1. The molecule has 17 heteroatoms. The molecule has 0 unspecified atom stereocenters. The largest absolute Gasteiger partial charge is 0.483 e. The highest BCUT2D eigenvalue weighted by Crippen LogP contribution is 2.43. The minimum absolute atomic E-state index is 0.0392. The zero-order valence-corrected chi connectivity index (χ0v) is 39.8. The molecule has 7 N–H and O–H groups in total. The highest BCUT2D eigenvalue weighted by molar-refractivity contribution is 5.73. The summed E-state index contributed by atoms with van der Waals surface area (Å²) < 4.78 is 73.7. The van der Waals surface area contributed by atoms with Gasteiger partial charge in [-0.05, 0) is 112 Å². The first kappa shape index (κ1) is 53.5. The number of cyclic esters (lactones) is 1. The molecular formula is C46H79F2N3O12. The summed E-state index contributed by atoms with van der Waals surface area (Å²) in [6, 6.07) is 2.18. The Morgan fingerprint density at radius 3 is 2.24 bits per heavy atom. The van der Waals surface area contributed by atoms with Gasteiger partial charge in [0, 0.05) is 38.1 Å². The Morgan fingerprint density at radius 2 is 1.63 bits per heavy atom. The molecule has 63 heavy (non-hydrogen) atoms. The Labute approximate surface area is 373 Å². The van der Waals surface area contributed by atoms with E-state index in [-0.39, 0.29) is 43.6 Å². The van der Waals surface area contributed by atoms with Gasteiger partial charge in [0.15, 0.2) is 30.3 Å². The Bertz CT molecular complexity index is 1610. The predicted octanol–water partition coefficient (Wildman–Crippen LogP) is 3.95. The van der Waals surface area contributed by atoms with Crippen molar-refractivity contribution >= 4 is 5.97 Å². The van der Waals surface area contributed by atoms with Crippen molar-refractivity contribution < 1.29 is 67.2 Å². The van der Waals surface area contributed by atoms with Crippen molar-refractivity contribution in [2.45, 2.75) is 198 Å². The zero-order chi connectivity index (χ0) is 47.2. The average molecular weight is 904 g/mol. The number of ether oxygens (including phenoxy) is 7. The van der Waals surface area contributed by atoms with Crippen LogP contribution in [0.5, 0.6) is 5.75 Å². The van der Waals surface area contributed by atoms with Crippen LogP contribution in [0.3, 0.4) is 0 Å². The smallest absolute Gasteiger partial charge is 0.311 e. The SMILES string of the molecule is CCCNC[C@]1(O)[C@H](C)O[C@@H](O[C@H]2[C@H](C)[C@@H](O[C@@H]3O[C@H](C)C[C@H](NC)[C@H]3Oc3ccc(F)c(F)c3)[C@](C)(O)C[C@@H](C)CN[C@H](C)[C@@H](O)[C@](C)(O)[C@@H](CC)OC(=O)[C@@H]2C)C[C@@]1(C)OC. The molecule has 3 saturated heterocycles. The summed E-state index contributed by atoms with van der Waals surface area (Å²) >= 11 is 0. The second kappa shape index (κ2) is 22.1. The standard InChI is InChI=1S/C46H79F2N3O12/c1-14-18-50-24-46(56)30(8)59-36(22-44(46,10)57-13)62-37-27(5)40(63-42-38(34(49-12)19-26(4)58-42)60-31-16-17-32(47)33(48)20-31)43(9,54)21-25(3)23-51-29(7)39(52)45(11,55)35(15-2)61-41(53)28(37)6/h16-17,20,25-30,34-40,42,49-52,54-56H,14-15,18-19,21-24H2,1-13H3/t25-,26-,27+,28-,29-,30+,34+,35-,36+,37+,38-,39-,40-,42+,43-,44-,45-,46+/m1/s1. The minimum atomic E-state index is -1.86. The molecule has 3 heterocycles. The highest BCUT2D eigenvalue weighted by Gasteiger charge is 2.58. The summed E-state index contributed by atoms with van der Waals surface area (Å²) in [5.41, 5.74) is -6.21. The second-order valence-corrected chi connectivity index (χ2v) is 19.2. The van der Waals surface area contributed by atoms with Crippen LogP contribution in [-0.2, 0) is 33.2 Å². The molecule has 1 aromatic rings. The van der Waals surface area contributed by atoms with Crippen molar-refractivity contribution in [2.75, 3.05) is 33.8 Å². The first-order chi connectivity index (χ1) is 29.4. The minimum Gasteiger partial charge on any atom is -0.483 e. The van der Waals surface area contributed by atoms with Crippen molar-refractivity contribution in [2.24, 2.45) is 17.8 Å². The third-order valence-corrected chi connectivity index (χ3v) is 13.9. The Morgan fingerprint density at radius 1 is 0.952 bits per heavy atom. The molecule has 3 aliphatic rings. The number of hydrogen-bond donors (Lipinski definition) is 7. The molecule has 0 aromatic heterocycles. The molecule has 0 bridgehead atoms. The molecule has 15 nitrogen and oxygen atoms in total. The van der Waals surface area contributed by atoms with E-state index in [1.807, 2.05) is 20.8 Å². The van der Waals surface area contributed by atoms with Crippen molar-refractivity contribution in [1.29, 1.82) is 0 Å². The van der Waals surface area contributed by atoms with Crippen LogP contribution in [0.15, 0.2) is 18.2 Å². The Balaban J connectivity index is 1.85. The fraction of sp³-hybridized carbons (Fsp3) is 0.848. The number of benzene rings is 1. The molecule has 0 spiro atoms. The summed E-state index contributed by atoms with van der Waals surface area (Å²) in [7, 11) is 3.26. The summed E-state index contributed by atoms with van der Waals surface area (Å²) in [5, 5.41) is 57.9. The lowest BCUT2D eigenvalue weighted by Gasteiger charge is -2.53. The summed E-state index contributed by atoms with van der Waals surface area (Å²) in [6.07, 6.45) is -7.47. The lowest BCUT2D eigenvalue weighted by Crippen LogP contribution is -2.70. The monoisotopic (exact) mass is 904 g/mol. The average Bonchev–Trinajstić information content (AvgIpc) is 3.22. The van der Waals surface area contributed by atoms with Gasteiger partial charge in [0.25, 0.3) is 0 Å². The van der Waals surface area contributed by atoms with Crippen LogP contribution in [0.4, 0.5) is 8.78 Å². The fourth-order valence-corrected chi connectivity index (χ4v) is 9.83. The van der Waals surface area contributed by atoms with E-state index in [4.69, 9.17) is 33.2 Å². The molecule has 1 aromatic carbocycles. The quantitative estimate of drug-likeness (QED) is 0.111. The second-order valence-electron chi connectivity index (χ2n) is 19.2. The van der Waals surface area contributed by atoms with Crippen molar-refractivity contribution in [3.63, 3.8) is 0 Å². The van der Waals surface area contributed by atoms with E-state index in [2.05, 4.69) is 16.0 Å². The molecule has 0 saturated carbocycles. The number of aliphatic hydroxyl groups excluding tert-OH is 1. The van der Waals surface area contributed by atoms with Crippen LogP contribution >= 0.6 is 0 Å². The van der Waals surface area contributed by atoms with E-state index in [0.29, 0.717) is 19.5 Å². The van der Waals surface area contributed by atoms with Crippen LogP contribution in [-0.4, -0.2) is 150 Å². The Hall–Kier alpha value is -2.13. The van der Waals surface area contributed by atoms with Crippen molar-refractivity contribution in [3.8, 4) is 5.75 Å². The molecule has 0 radical (unpaired) electrons. The lowest BCUT2D eigenvalue weighted by molar-refractivity contribution is -0.335. The van der Waals surface area contributed by atoms with Crippen LogP contribution in [0.1, 0.15) is 108 Å². The molecule has 0 amide bonds. The van der Waals surface area contributed by atoms with E-state index >= 15 is 0 Å². The number of halogens is 2. The molecule has 4 rings (SSSR count). The molecular weight excluding hydrogens is 825 g/mol. The predicted molar refractivity (Wildman–Crippen MR) is 232 cm³/mol. The van der Waals surface area contributed by atoms with Crippen molar-refractivity contribution in [3.05, 3.63) is 29.8 Å². The zero-order valence-electron chi connectivity index (χ0n) is 39.8. The van der Waals surface area contributed by atoms with E-state index in [0.717, 1.165) is 18.6 Å². The Kier molecular flexibility index (Phi) is 18.8. The molecule has 0 aliphatic carbocycles. The van der Waals surface area contributed by atoms with Gasteiger partial charge in [0.05, 0.1) is 42.0 Å². The van der Waals surface area contributed by atoms with Gasteiger partial charge in [0.2, 0.25) is 0 Å². The molecule has 364 valence electrons. The van der Waals surface area contributed by atoms with Gasteiger partial charge < -0.3 is 69.5 Å². The van der Waals surface area contributed by atoms with E-state index in [9.17, 15) is 34.0 Å². The van der Waals surface area contributed by atoms with Crippen molar-refractivity contribution in [1.82, 2.24) is 16.0 Å². The third-order valence-electron chi connectivity index (χ3n) is 13.9. The number of rotatable bonds is 13. The number of esters is 1. The number of nitrogens with one attached hydrogen (secondary N) is 3. The van der Waals surface area contributed by atoms with Gasteiger partial charge in [-0.2, -0.15) is 0 Å². The van der Waals surface area contributed by atoms with E-state index in [1.54, 1.807) is 55.5 Å². The lowest BCUT2D eigenvalue weighted by atomic mass is 9.75. The van der Waals surface area contributed by atoms with Crippen LogP contribution < -0.4 is 20.7 Å².